The lowest BCUT2D eigenvalue weighted by atomic mass is 10.1. The largest absolute Gasteiger partial charge is 0.336 e. The summed E-state index contributed by atoms with van der Waals surface area (Å²) < 4.78 is 0.853. The topological polar surface area (TPSA) is 77.6 Å². The number of benzene rings is 2. The number of nitrogens with zero attached hydrogens (tertiary/aromatic N) is 3. The van der Waals surface area contributed by atoms with Gasteiger partial charge in [-0.05, 0) is 49.5 Å². The SMILES string of the molecule is CN1CCN(C(=O)c2ccc3nc(NC(=O)Nc4ccc(Cl)cc4)sc3c2)CC1. The number of carbonyl (C=O) groups is 2. The molecule has 0 spiro atoms. The van der Waals surface area contributed by atoms with Gasteiger partial charge in [-0.25, -0.2) is 9.78 Å². The fraction of sp³-hybridized carbons (Fsp3) is 0.250. The number of likely N-dealkylation sites (N-methyl/N-ethyl adjacent to an activating group) is 1. The highest BCUT2D eigenvalue weighted by Gasteiger charge is 2.21. The number of thiazole rings is 1. The summed E-state index contributed by atoms with van der Waals surface area (Å²) in [5.41, 5.74) is 2.02. The molecule has 1 aliphatic heterocycles. The van der Waals surface area contributed by atoms with Crippen LogP contribution in [0.2, 0.25) is 5.02 Å². The predicted octanol–water partition coefficient (Wildman–Crippen LogP) is 3.98. The third kappa shape index (κ3) is 4.67. The van der Waals surface area contributed by atoms with Crippen LogP contribution in [0.4, 0.5) is 15.6 Å². The summed E-state index contributed by atoms with van der Waals surface area (Å²) in [6.07, 6.45) is 0. The Bertz CT molecular complexity index is 1040. The van der Waals surface area contributed by atoms with Gasteiger partial charge >= 0.3 is 6.03 Å². The van der Waals surface area contributed by atoms with E-state index in [4.69, 9.17) is 11.6 Å². The average molecular weight is 430 g/mol. The highest BCUT2D eigenvalue weighted by molar-refractivity contribution is 7.22. The highest BCUT2D eigenvalue weighted by atomic mass is 35.5. The molecule has 2 N–H and O–H groups in total. The average Bonchev–Trinajstić information content (AvgIpc) is 3.11. The molecule has 2 aromatic carbocycles. The Morgan fingerprint density at radius 2 is 1.76 bits per heavy atom. The number of urea groups is 1. The molecule has 0 saturated carbocycles. The number of aromatic nitrogens is 1. The van der Waals surface area contributed by atoms with Gasteiger partial charge in [-0.1, -0.05) is 22.9 Å². The van der Waals surface area contributed by atoms with Crippen molar-refractivity contribution in [3.8, 4) is 0 Å². The van der Waals surface area contributed by atoms with Crippen LogP contribution in [0.25, 0.3) is 10.2 Å². The molecule has 3 amide bonds. The molecular formula is C20H20ClN5O2S. The van der Waals surface area contributed by atoms with Crippen LogP contribution in [0, 0.1) is 0 Å². The molecule has 9 heteroatoms. The van der Waals surface area contributed by atoms with Gasteiger partial charge in [-0.2, -0.15) is 0 Å². The first-order valence-electron chi connectivity index (χ1n) is 9.20. The summed E-state index contributed by atoms with van der Waals surface area (Å²) in [6, 6.07) is 11.9. The number of carbonyl (C=O) groups excluding carboxylic acids is 2. The van der Waals surface area contributed by atoms with Crippen molar-refractivity contribution >= 4 is 55.9 Å². The standard InChI is InChI=1S/C20H20ClN5O2S/c1-25-8-10-26(11-9-25)18(27)13-2-7-16-17(12-13)29-20(23-16)24-19(28)22-15-5-3-14(21)4-6-15/h2-7,12H,8-11H2,1H3,(H2,22,23,24,28). The summed E-state index contributed by atoms with van der Waals surface area (Å²) >= 11 is 7.18. The van der Waals surface area contributed by atoms with Crippen molar-refractivity contribution in [1.29, 1.82) is 0 Å². The van der Waals surface area contributed by atoms with Gasteiger partial charge in [-0.3, -0.25) is 10.1 Å². The summed E-state index contributed by atoms with van der Waals surface area (Å²) in [5.74, 6) is 0.0309. The molecule has 29 heavy (non-hydrogen) atoms. The number of nitrogens with one attached hydrogen (secondary N) is 2. The molecular weight excluding hydrogens is 410 g/mol. The number of hydrogen-bond acceptors (Lipinski definition) is 5. The quantitative estimate of drug-likeness (QED) is 0.660. The monoisotopic (exact) mass is 429 g/mol. The van der Waals surface area contributed by atoms with Crippen molar-refractivity contribution in [2.75, 3.05) is 43.9 Å². The van der Waals surface area contributed by atoms with Crippen LogP contribution in [-0.2, 0) is 0 Å². The lowest BCUT2D eigenvalue weighted by Gasteiger charge is -2.32. The van der Waals surface area contributed by atoms with Crippen molar-refractivity contribution in [2.24, 2.45) is 0 Å². The Kier molecular flexibility index (Phi) is 5.66. The van der Waals surface area contributed by atoms with E-state index in [1.54, 1.807) is 30.3 Å². The molecule has 0 radical (unpaired) electrons. The van der Waals surface area contributed by atoms with Crippen LogP contribution in [0.3, 0.4) is 0 Å². The van der Waals surface area contributed by atoms with Crippen molar-refractivity contribution in [3.05, 3.63) is 53.1 Å². The second-order valence-electron chi connectivity index (χ2n) is 6.88. The van der Waals surface area contributed by atoms with E-state index in [0.29, 0.717) is 21.4 Å². The minimum Gasteiger partial charge on any atom is -0.336 e. The van der Waals surface area contributed by atoms with Gasteiger partial charge in [0.05, 0.1) is 10.2 Å². The Hall–Kier alpha value is -2.68. The molecule has 1 fully saturated rings. The van der Waals surface area contributed by atoms with E-state index >= 15 is 0 Å². The van der Waals surface area contributed by atoms with Crippen LogP contribution in [-0.4, -0.2) is 59.9 Å². The Morgan fingerprint density at radius 3 is 2.48 bits per heavy atom. The van der Waals surface area contributed by atoms with Crippen molar-refractivity contribution < 1.29 is 9.59 Å². The summed E-state index contributed by atoms with van der Waals surface area (Å²) in [6.45, 7) is 3.22. The van der Waals surface area contributed by atoms with E-state index in [2.05, 4.69) is 27.6 Å². The van der Waals surface area contributed by atoms with Gasteiger partial charge in [-0.15, -0.1) is 0 Å². The number of anilines is 2. The Morgan fingerprint density at radius 1 is 1.03 bits per heavy atom. The predicted molar refractivity (Wildman–Crippen MR) is 117 cm³/mol. The molecule has 0 bridgehead atoms. The molecule has 2 heterocycles. The van der Waals surface area contributed by atoms with Crippen molar-refractivity contribution in [3.63, 3.8) is 0 Å². The number of fused-ring (bicyclic) bond motifs is 1. The van der Waals surface area contributed by atoms with Crippen molar-refractivity contribution in [2.45, 2.75) is 0 Å². The zero-order valence-electron chi connectivity index (χ0n) is 15.8. The van der Waals surface area contributed by atoms with E-state index in [1.807, 2.05) is 17.0 Å². The summed E-state index contributed by atoms with van der Waals surface area (Å²) in [7, 11) is 2.06. The van der Waals surface area contributed by atoms with Gasteiger partial charge in [0.1, 0.15) is 0 Å². The fourth-order valence-corrected chi connectivity index (χ4v) is 4.12. The molecule has 4 rings (SSSR count). The Labute approximate surface area is 177 Å². The van der Waals surface area contributed by atoms with E-state index in [-0.39, 0.29) is 11.9 Å². The molecule has 0 atom stereocenters. The number of amides is 3. The maximum atomic E-state index is 12.8. The Balaban J connectivity index is 1.44. The van der Waals surface area contributed by atoms with Crippen LogP contribution in [0.1, 0.15) is 10.4 Å². The maximum Gasteiger partial charge on any atom is 0.325 e. The molecule has 0 aliphatic carbocycles. The molecule has 1 aromatic heterocycles. The first-order chi connectivity index (χ1) is 14.0. The van der Waals surface area contributed by atoms with Gasteiger partial charge < -0.3 is 15.1 Å². The van der Waals surface area contributed by atoms with Crippen LogP contribution < -0.4 is 10.6 Å². The minimum atomic E-state index is -0.389. The summed E-state index contributed by atoms with van der Waals surface area (Å²) in [5, 5.41) is 6.54. The third-order valence-corrected chi connectivity index (χ3v) is 5.93. The molecule has 7 nitrogen and oxygen atoms in total. The van der Waals surface area contributed by atoms with E-state index < -0.39 is 0 Å². The normalized spacial score (nSPS) is 14.8. The zero-order chi connectivity index (χ0) is 20.4. The fourth-order valence-electron chi connectivity index (χ4n) is 3.10. The van der Waals surface area contributed by atoms with E-state index in [1.165, 1.54) is 11.3 Å². The first-order valence-corrected chi connectivity index (χ1v) is 10.4. The van der Waals surface area contributed by atoms with Crippen LogP contribution >= 0.6 is 22.9 Å². The molecule has 1 saturated heterocycles. The van der Waals surface area contributed by atoms with Crippen LogP contribution in [0.5, 0.6) is 0 Å². The van der Waals surface area contributed by atoms with E-state index in [0.717, 1.165) is 36.4 Å². The minimum absolute atomic E-state index is 0.0309. The first kappa shape index (κ1) is 19.6. The molecule has 150 valence electrons. The van der Waals surface area contributed by atoms with Crippen molar-refractivity contribution in [1.82, 2.24) is 14.8 Å². The van der Waals surface area contributed by atoms with Crippen LogP contribution in [0.15, 0.2) is 42.5 Å². The van der Waals surface area contributed by atoms with E-state index in [9.17, 15) is 9.59 Å². The number of rotatable bonds is 3. The second kappa shape index (κ2) is 8.36. The smallest absolute Gasteiger partial charge is 0.325 e. The maximum absolute atomic E-state index is 12.8. The highest BCUT2D eigenvalue weighted by Crippen LogP contribution is 2.27. The number of halogens is 1. The molecule has 0 unspecified atom stereocenters. The zero-order valence-corrected chi connectivity index (χ0v) is 17.4. The lowest BCUT2D eigenvalue weighted by Crippen LogP contribution is -2.47. The van der Waals surface area contributed by atoms with Gasteiger partial charge in [0, 0.05) is 42.5 Å². The van der Waals surface area contributed by atoms with Gasteiger partial charge in [0.2, 0.25) is 0 Å². The third-order valence-electron chi connectivity index (χ3n) is 4.75. The summed E-state index contributed by atoms with van der Waals surface area (Å²) in [4.78, 5) is 33.5. The second-order valence-corrected chi connectivity index (χ2v) is 8.35. The molecule has 3 aromatic rings. The molecule has 1 aliphatic rings. The number of hydrogen-bond donors (Lipinski definition) is 2. The number of piperazine rings is 1. The van der Waals surface area contributed by atoms with Gasteiger partial charge in [0.25, 0.3) is 5.91 Å². The van der Waals surface area contributed by atoms with Gasteiger partial charge in [0.15, 0.2) is 5.13 Å². The lowest BCUT2D eigenvalue weighted by molar-refractivity contribution is 0.0664.